The van der Waals surface area contributed by atoms with Crippen molar-refractivity contribution in [2.75, 3.05) is 5.32 Å². The van der Waals surface area contributed by atoms with Crippen LogP contribution >= 0.6 is 0 Å². The Hall–Kier alpha value is -2.31. The number of nitrogens with one attached hydrogen (secondary N) is 1. The van der Waals surface area contributed by atoms with Gasteiger partial charge in [-0.25, -0.2) is 9.97 Å². The van der Waals surface area contributed by atoms with E-state index in [4.69, 9.17) is 0 Å². The van der Waals surface area contributed by atoms with Gasteiger partial charge in [0.05, 0.1) is 5.69 Å². The van der Waals surface area contributed by atoms with Gasteiger partial charge in [0.1, 0.15) is 6.33 Å². The van der Waals surface area contributed by atoms with Gasteiger partial charge in [-0.05, 0) is 43.7 Å². The average Bonchev–Trinajstić information content (AvgIpc) is 3.03. The molecule has 2 heterocycles. The highest BCUT2D eigenvalue weighted by Crippen LogP contribution is 2.28. The lowest BCUT2D eigenvalue weighted by molar-refractivity contribution is 0.360. The maximum Gasteiger partial charge on any atom is 0.225 e. The topological polar surface area (TPSA) is 85.1 Å². The van der Waals surface area contributed by atoms with Gasteiger partial charge >= 0.3 is 0 Å². The molecule has 1 aliphatic carbocycles. The van der Waals surface area contributed by atoms with Crippen LogP contribution in [0.4, 0.5) is 11.6 Å². The van der Waals surface area contributed by atoms with Crippen molar-refractivity contribution in [3.8, 4) is 5.82 Å². The van der Waals surface area contributed by atoms with Crippen molar-refractivity contribution in [3.05, 3.63) is 29.3 Å². The van der Waals surface area contributed by atoms with Crippen LogP contribution < -0.4 is 5.32 Å². The van der Waals surface area contributed by atoms with Crippen LogP contribution in [0.3, 0.4) is 0 Å². The summed E-state index contributed by atoms with van der Waals surface area (Å²) in [5, 5.41) is 6.47. The van der Waals surface area contributed by atoms with E-state index in [1.165, 1.54) is 12.8 Å². The maximum absolute atomic E-state index is 11.1. The van der Waals surface area contributed by atoms with E-state index in [1.807, 2.05) is 0 Å². The Morgan fingerprint density at radius 1 is 1.27 bits per heavy atom. The molecule has 1 saturated carbocycles. The summed E-state index contributed by atoms with van der Waals surface area (Å²) >= 11 is 0. The van der Waals surface area contributed by atoms with Crippen molar-refractivity contribution in [2.45, 2.75) is 45.6 Å². The van der Waals surface area contributed by atoms with Crippen LogP contribution in [0.25, 0.3) is 5.82 Å². The van der Waals surface area contributed by atoms with Crippen LogP contribution in [0.1, 0.15) is 38.3 Å². The van der Waals surface area contributed by atoms with E-state index in [1.54, 1.807) is 30.2 Å². The Kier molecular flexibility index (Phi) is 4.13. The number of nitroso groups, excluding NO2 is 1. The molecule has 3 rings (SSSR count). The molecule has 2 aromatic heterocycles. The molecular weight excluding hydrogens is 280 g/mol. The summed E-state index contributed by atoms with van der Waals surface area (Å²) in [6, 6.07) is 0.390. The van der Waals surface area contributed by atoms with E-state index in [-0.39, 0.29) is 5.69 Å². The third kappa shape index (κ3) is 2.98. The van der Waals surface area contributed by atoms with E-state index in [0.29, 0.717) is 23.5 Å². The van der Waals surface area contributed by atoms with Gasteiger partial charge in [0.2, 0.25) is 5.95 Å². The molecule has 0 radical (unpaired) electrons. The Morgan fingerprint density at radius 3 is 2.68 bits per heavy atom. The van der Waals surface area contributed by atoms with Crippen molar-refractivity contribution in [1.82, 2.24) is 19.5 Å². The summed E-state index contributed by atoms with van der Waals surface area (Å²) < 4.78 is 1.68. The molecule has 0 amide bonds. The first kappa shape index (κ1) is 14.6. The number of rotatable bonds is 4. The van der Waals surface area contributed by atoms with Crippen molar-refractivity contribution in [3.63, 3.8) is 0 Å². The van der Waals surface area contributed by atoms with Crippen LogP contribution in [0, 0.1) is 17.7 Å². The molecule has 22 heavy (non-hydrogen) atoms. The standard InChI is InChI=1S/C15H20N6O/c1-10-3-5-12(6-4-10)18-15-17-11(2)13(20-22)14(19-15)21-8-7-16-9-21/h7-10,12H,3-6H2,1-2H3,(H,17,18,19). The van der Waals surface area contributed by atoms with Crippen LogP contribution in [0.2, 0.25) is 0 Å². The number of hydrogen-bond acceptors (Lipinski definition) is 6. The molecule has 1 N–H and O–H groups in total. The molecule has 7 nitrogen and oxygen atoms in total. The number of aryl methyl sites for hydroxylation is 1. The van der Waals surface area contributed by atoms with E-state index in [2.05, 4.69) is 32.4 Å². The van der Waals surface area contributed by atoms with E-state index in [0.717, 1.165) is 18.8 Å². The molecule has 7 heteroatoms. The Labute approximate surface area is 129 Å². The summed E-state index contributed by atoms with van der Waals surface area (Å²) in [7, 11) is 0. The second kappa shape index (κ2) is 6.21. The molecule has 0 aliphatic heterocycles. The fraction of sp³-hybridized carbons (Fsp3) is 0.533. The fourth-order valence-electron chi connectivity index (χ4n) is 2.87. The summed E-state index contributed by atoms with van der Waals surface area (Å²) in [4.78, 5) is 23.9. The minimum atomic E-state index is 0.251. The molecule has 1 aliphatic rings. The van der Waals surface area contributed by atoms with Crippen LogP contribution in [-0.4, -0.2) is 25.6 Å². The first-order valence-electron chi connectivity index (χ1n) is 7.64. The zero-order chi connectivity index (χ0) is 15.5. The molecule has 2 aromatic rings. The van der Waals surface area contributed by atoms with Crippen LogP contribution in [0.5, 0.6) is 0 Å². The number of nitrogens with zero attached hydrogens (tertiary/aromatic N) is 5. The molecule has 0 spiro atoms. The highest BCUT2D eigenvalue weighted by atomic mass is 16.3. The molecule has 0 unspecified atom stereocenters. The summed E-state index contributed by atoms with van der Waals surface area (Å²) in [5.74, 6) is 1.81. The third-order valence-corrected chi connectivity index (χ3v) is 4.23. The van der Waals surface area contributed by atoms with Gasteiger partial charge in [0, 0.05) is 18.4 Å². The molecule has 0 aromatic carbocycles. The lowest BCUT2D eigenvalue weighted by atomic mass is 9.87. The summed E-state index contributed by atoms with van der Waals surface area (Å²) in [5.41, 5.74) is 0.821. The van der Waals surface area contributed by atoms with Crippen LogP contribution in [0.15, 0.2) is 23.9 Å². The quantitative estimate of drug-likeness (QED) is 0.875. The predicted molar refractivity (Wildman–Crippen MR) is 84.4 cm³/mol. The molecule has 116 valence electrons. The van der Waals surface area contributed by atoms with Crippen molar-refractivity contribution < 1.29 is 0 Å². The molecule has 1 fully saturated rings. The zero-order valence-corrected chi connectivity index (χ0v) is 12.9. The Balaban J connectivity index is 1.88. The van der Waals surface area contributed by atoms with E-state index < -0.39 is 0 Å². The number of imidazole rings is 1. The van der Waals surface area contributed by atoms with Gasteiger partial charge < -0.3 is 5.32 Å². The molecule has 0 atom stereocenters. The fourth-order valence-corrected chi connectivity index (χ4v) is 2.87. The van der Waals surface area contributed by atoms with Crippen molar-refractivity contribution in [2.24, 2.45) is 11.1 Å². The summed E-state index contributed by atoms with van der Waals surface area (Å²) in [6.07, 6.45) is 9.67. The van der Waals surface area contributed by atoms with Gasteiger partial charge in [0.25, 0.3) is 0 Å². The van der Waals surface area contributed by atoms with Gasteiger partial charge in [-0.1, -0.05) is 6.92 Å². The average molecular weight is 300 g/mol. The largest absolute Gasteiger partial charge is 0.351 e. The first-order chi connectivity index (χ1) is 10.7. The normalized spacial score (nSPS) is 21.5. The van der Waals surface area contributed by atoms with Crippen molar-refractivity contribution in [1.29, 1.82) is 0 Å². The highest BCUT2D eigenvalue weighted by molar-refractivity contribution is 5.58. The monoisotopic (exact) mass is 300 g/mol. The lowest BCUT2D eigenvalue weighted by Gasteiger charge is -2.27. The van der Waals surface area contributed by atoms with Crippen molar-refractivity contribution >= 4 is 11.6 Å². The number of anilines is 1. The minimum absolute atomic E-state index is 0.251. The second-order valence-corrected chi connectivity index (χ2v) is 5.97. The molecule has 0 saturated heterocycles. The van der Waals surface area contributed by atoms with Gasteiger partial charge in [0.15, 0.2) is 11.5 Å². The van der Waals surface area contributed by atoms with E-state index in [9.17, 15) is 4.91 Å². The Morgan fingerprint density at radius 2 is 2.05 bits per heavy atom. The van der Waals surface area contributed by atoms with Gasteiger partial charge in [-0.15, -0.1) is 4.91 Å². The van der Waals surface area contributed by atoms with E-state index >= 15 is 0 Å². The van der Waals surface area contributed by atoms with Crippen LogP contribution in [-0.2, 0) is 0 Å². The highest BCUT2D eigenvalue weighted by Gasteiger charge is 2.20. The number of hydrogen-bond donors (Lipinski definition) is 1. The molecular formula is C15H20N6O. The lowest BCUT2D eigenvalue weighted by Crippen LogP contribution is -2.26. The zero-order valence-electron chi connectivity index (χ0n) is 12.9. The van der Waals surface area contributed by atoms with Gasteiger partial charge in [-0.2, -0.15) is 4.98 Å². The smallest absolute Gasteiger partial charge is 0.225 e. The minimum Gasteiger partial charge on any atom is -0.351 e. The predicted octanol–water partition coefficient (Wildman–Crippen LogP) is 3.36. The number of aromatic nitrogens is 4. The third-order valence-electron chi connectivity index (χ3n) is 4.23. The second-order valence-electron chi connectivity index (χ2n) is 5.97. The molecule has 0 bridgehead atoms. The van der Waals surface area contributed by atoms with Gasteiger partial charge in [-0.3, -0.25) is 4.57 Å². The summed E-state index contributed by atoms with van der Waals surface area (Å²) in [6.45, 7) is 4.06. The SMILES string of the molecule is Cc1nc(NC2CCC(C)CC2)nc(-n2ccnc2)c1N=O. The maximum atomic E-state index is 11.1. The Bertz CT molecular complexity index is 646. The first-order valence-corrected chi connectivity index (χ1v) is 7.64.